The van der Waals surface area contributed by atoms with Crippen molar-refractivity contribution in [2.75, 3.05) is 25.0 Å². The predicted molar refractivity (Wildman–Crippen MR) is 116 cm³/mol. The summed E-state index contributed by atoms with van der Waals surface area (Å²) in [6.07, 6.45) is 3.43. The molecule has 0 aliphatic carbocycles. The lowest BCUT2D eigenvalue weighted by Gasteiger charge is -2.32. The average molecular weight is 441 g/mol. The lowest BCUT2D eigenvalue weighted by atomic mass is 9.99. The Kier molecular flexibility index (Phi) is 6.34. The number of aryl methyl sites for hydroxylation is 1. The zero-order chi connectivity index (χ0) is 22.7. The second-order valence-corrected chi connectivity index (χ2v) is 8.03. The van der Waals surface area contributed by atoms with Crippen molar-refractivity contribution < 1.29 is 18.3 Å². The largest absolute Gasteiger partial charge is 0.493 e. The molecule has 1 amide bonds. The monoisotopic (exact) mass is 441 g/mol. The van der Waals surface area contributed by atoms with Gasteiger partial charge in [-0.2, -0.15) is 4.98 Å². The summed E-state index contributed by atoms with van der Waals surface area (Å²) in [6, 6.07) is 8.82. The van der Waals surface area contributed by atoms with Crippen LogP contribution in [0.4, 0.5) is 20.4 Å². The number of rotatable bonds is 6. The number of hydrogen-bond acceptors (Lipinski definition) is 5. The molecule has 2 heterocycles. The highest BCUT2D eigenvalue weighted by atomic mass is 19.1. The second-order valence-electron chi connectivity index (χ2n) is 8.03. The summed E-state index contributed by atoms with van der Waals surface area (Å²) in [5.74, 6) is 0.154. The van der Waals surface area contributed by atoms with Crippen LogP contribution in [0, 0.1) is 24.5 Å². The number of aromatic nitrogens is 3. The molecule has 7 nitrogen and oxygen atoms in total. The van der Waals surface area contributed by atoms with Crippen LogP contribution in [0.5, 0.6) is 5.75 Å². The number of likely N-dealkylation sites (tertiary alicyclic amines) is 1. The van der Waals surface area contributed by atoms with Crippen molar-refractivity contribution in [1.29, 1.82) is 0 Å². The first-order valence-electron chi connectivity index (χ1n) is 10.5. The van der Waals surface area contributed by atoms with Crippen molar-refractivity contribution in [3.8, 4) is 11.4 Å². The van der Waals surface area contributed by atoms with E-state index < -0.39 is 11.6 Å². The van der Waals surface area contributed by atoms with Crippen LogP contribution in [0.2, 0.25) is 0 Å². The van der Waals surface area contributed by atoms with Gasteiger partial charge in [0, 0.05) is 37.7 Å². The molecule has 1 unspecified atom stereocenters. The summed E-state index contributed by atoms with van der Waals surface area (Å²) >= 11 is 0. The third kappa shape index (κ3) is 5.22. The second kappa shape index (κ2) is 9.33. The molecular formula is C23H25F2N5O2. The number of nitrogens with zero attached hydrogens (tertiary/aromatic N) is 4. The van der Waals surface area contributed by atoms with Gasteiger partial charge >= 0.3 is 0 Å². The van der Waals surface area contributed by atoms with Crippen LogP contribution in [-0.4, -0.2) is 45.3 Å². The Morgan fingerprint density at radius 1 is 1.22 bits per heavy atom. The van der Waals surface area contributed by atoms with Gasteiger partial charge in [0.15, 0.2) is 0 Å². The normalized spacial score (nSPS) is 16.1. The molecule has 0 spiro atoms. The third-order valence-electron chi connectivity index (χ3n) is 5.47. The molecule has 168 valence electrons. The Labute approximate surface area is 185 Å². The molecule has 4 rings (SSSR count). The number of carbonyl (C=O) groups excluding carboxylic acids is 1. The molecule has 9 heteroatoms. The molecule has 3 aromatic rings. The van der Waals surface area contributed by atoms with E-state index in [4.69, 9.17) is 4.74 Å². The summed E-state index contributed by atoms with van der Waals surface area (Å²) in [4.78, 5) is 17.6. The molecule has 32 heavy (non-hydrogen) atoms. The number of hydrogen-bond donors (Lipinski definition) is 1. The fraction of sp³-hybridized carbons (Fsp3) is 0.348. The third-order valence-corrected chi connectivity index (χ3v) is 5.47. The Hall–Kier alpha value is -3.49. The molecular weight excluding hydrogens is 416 g/mol. The molecule has 1 N–H and O–H groups in total. The number of ether oxygens (including phenoxy) is 1. The minimum atomic E-state index is -0.682. The van der Waals surface area contributed by atoms with Gasteiger partial charge in [-0.1, -0.05) is 0 Å². The van der Waals surface area contributed by atoms with Crippen LogP contribution < -0.4 is 10.1 Å². The Morgan fingerprint density at radius 2 is 2.00 bits per heavy atom. The van der Waals surface area contributed by atoms with Gasteiger partial charge in [-0.15, -0.1) is 5.10 Å². The summed E-state index contributed by atoms with van der Waals surface area (Å²) in [5.41, 5.74) is 1.95. The first-order chi connectivity index (χ1) is 15.4. The van der Waals surface area contributed by atoms with Crippen molar-refractivity contribution in [3.05, 3.63) is 59.9 Å². The van der Waals surface area contributed by atoms with Crippen molar-refractivity contribution >= 4 is 17.5 Å². The van der Waals surface area contributed by atoms with E-state index in [1.165, 1.54) is 23.1 Å². The number of carbonyl (C=O) groups is 1. The zero-order valence-electron chi connectivity index (χ0n) is 18.0. The topological polar surface area (TPSA) is 72.3 Å². The minimum absolute atomic E-state index is 0.111. The van der Waals surface area contributed by atoms with Gasteiger partial charge in [-0.25, -0.2) is 13.5 Å². The summed E-state index contributed by atoms with van der Waals surface area (Å²) < 4.78 is 34.2. The fourth-order valence-corrected chi connectivity index (χ4v) is 3.83. The van der Waals surface area contributed by atoms with Gasteiger partial charge in [0.05, 0.1) is 12.3 Å². The molecule has 0 bridgehead atoms. The number of piperidine rings is 1. The molecule has 1 fully saturated rings. The van der Waals surface area contributed by atoms with Gasteiger partial charge < -0.3 is 15.0 Å². The first kappa shape index (κ1) is 21.7. The summed E-state index contributed by atoms with van der Waals surface area (Å²) in [5, 5.41) is 7.31. The SMILES string of the molecule is CC(=O)N1CCCC(COc2ccc(Nc3ncn(-c4cc(F)cc(F)c4)n3)cc2C)C1. The number of anilines is 2. The Morgan fingerprint density at radius 3 is 2.72 bits per heavy atom. The Bertz CT molecular complexity index is 1100. The lowest BCUT2D eigenvalue weighted by Crippen LogP contribution is -2.40. The van der Waals surface area contributed by atoms with Crippen LogP contribution in [0.15, 0.2) is 42.7 Å². The van der Waals surface area contributed by atoms with Crippen LogP contribution in [0.3, 0.4) is 0 Å². The van der Waals surface area contributed by atoms with E-state index in [9.17, 15) is 13.6 Å². The van der Waals surface area contributed by atoms with E-state index in [1.54, 1.807) is 6.92 Å². The van der Waals surface area contributed by atoms with Crippen LogP contribution >= 0.6 is 0 Å². The van der Waals surface area contributed by atoms with Crippen molar-refractivity contribution in [1.82, 2.24) is 19.7 Å². The van der Waals surface area contributed by atoms with E-state index >= 15 is 0 Å². The van der Waals surface area contributed by atoms with Crippen LogP contribution in [0.1, 0.15) is 25.3 Å². The first-order valence-corrected chi connectivity index (χ1v) is 10.5. The zero-order valence-corrected chi connectivity index (χ0v) is 18.0. The fourth-order valence-electron chi connectivity index (χ4n) is 3.83. The highest BCUT2D eigenvalue weighted by Crippen LogP contribution is 2.25. The molecule has 0 saturated carbocycles. The van der Waals surface area contributed by atoms with E-state index in [1.807, 2.05) is 30.0 Å². The predicted octanol–water partition coefficient (Wildman–Crippen LogP) is 4.23. The highest BCUT2D eigenvalue weighted by molar-refractivity contribution is 5.73. The van der Waals surface area contributed by atoms with E-state index in [0.717, 1.165) is 49.0 Å². The maximum Gasteiger partial charge on any atom is 0.246 e. The van der Waals surface area contributed by atoms with Crippen molar-refractivity contribution in [3.63, 3.8) is 0 Å². The highest BCUT2D eigenvalue weighted by Gasteiger charge is 2.22. The van der Waals surface area contributed by atoms with Gasteiger partial charge in [0.2, 0.25) is 11.9 Å². The summed E-state index contributed by atoms with van der Waals surface area (Å²) in [7, 11) is 0. The van der Waals surface area contributed by atoms with Gasteiger partial charge in [0.25, 0.3) is 0 Å². The van der Waals surface area contributed by atoms with E-state index in [0.29, 0.717) is 18.5 Å². The average Bonchev–Trinajstić information content (AvgIpc) is 3.21. The molecule has 1 saturated heterocycles. The van der Waals surface area contributed by atoms with Crippen molar-refractivity contribution in [2.45, 2.75) is 26.7 Å². The number of benzene rings is 2. The molecule has 1 aromatic heterocycles. The van der Waals surface area contributed by atoms with Crippen molar-refractivity contribution in [2.24, 2.45) is 5.92 Å². The van der Waals surface area contributed by atoms with E-state index in [-0.39, 0.29) is 11.6 Å². The maximum atomic E-state index is 13.4. The number of amides is 1. The van der Waals surface area contributed by atoms with Gasteiger partial charge in [0.1, 0.15) is 23.7 Å². The molecule has 0 radical (unpaired) electrons. The van der Waals surface area contributed by atoms with Gasteiger partial charge in [-0.3, -0.25) is 4.79 Å². The van der Waals surface area contributed by atoms with Gasteiger partial charge in [-0.05, 0) is 55.7 Å². The smallest absolute Gasteiger partial charge is 0.246 e. The summed E-state index contributed by atoms with van der Waals surface area (Å²) in [6.45, 7) is 5.67. The molecule has 1 aliphatic heterocycles. The lowest BCUT2D eigenvalue weighted by molar-refractivity contribution is -0.130. The molecule has 1 aliphatic rings. The molecule has 2 aromatic carbocycles. The van der Waals surface area contributed by atoms with Crippen LogP contribution in [0.25, 0.3) is 5.69 Å². The maximum absolute atomic E-state index is 13.4. The molecule has 1 atom stereocenters. The standard InChI is InChI=1S/C23H25F2N5O2/c1-15-8-20(5-6-22(15)32-13-17-4-3-7-29(12-17)16(2)31)27-23-26-14-30(28-23)21-10-18(24)9-19(25)11-21/h5-6,8-11,14,17H,3-4,7,12-13H2,1-2H3,(H,27,28). The number of nitrogens with one attached hydrogen (secondary N) is 1. The van der Waals surface area contributed by atoms with E-state index in [2.05, 4.69) is 15.4 Å². The number of halogens is 2. The van der Waals surface area contributed by atoms with Crippen LogP contribution in [-0.2, 0) is 4.79 Å². The minimum Gasteiger partial charge on any atom is -0.493 e. The Balaban J connectivity index is 1.37. The quantitative estimate of drug-likeness (QED) is 0.620.